The molecule has 6 heteroatoms. The van der Waals surface area contributed by atoms with Crippen molar-refractivity contribution >= 4 is 11.9 Å². The van der Waals surface area contributed by atoms with Gasteiger partial charge >= 0.3 is 5.69 Å². The van der Waals surface area contributed by atoms with Gasteiger partial charge in [-0.1, -0.05) is 0 Å². The number of aromatic nitrogens is 3. The maximum Gasteiger partial charge on any atom is 0.342 e. The van der Waals surface area contributed by atoms with Gasteiger partial charge in [0, 0.05) is 6.92 Å². The van der Waals surface area contributed by atoms with Crippen molar-refractivity contribution in [2.75, 3.05) is 5.32 Å². The second-order valence-electron chi connectivity index (χ2n) is 1.71. The highest BCUT2D eigenvalue weighted by Crippen LogP contribution is 1.86. The number of amides is 1. The molecule has 0 spiro atoms. The molecule has 0 fully saturated rings. The minimum absolute atomic E-state index is 0.137. The predicted molar refractivity (Wildman–Crippen MR) is 33.5 cm³/mol. The number of hydrogen-bond acceptors (Lipinski definition) is 3. The molecule has 3 N–H and O–H groups in total. The van der Waals surface area contributed by atoms with Gasteiger partial charge in [-0.05, 0) is 0 Å². The van der Waals surface area contributed by atoms with Gasteiger partial charge in [0.15, 0.2) is 0 Å². The zero-order valence-corrected chi connectivity index (χ0v) is 5.26. The van der Waals surface area contributed by atoms with Crippen LogP contribution < -0.4 is 11.0 Å². The summed E-state index contributed by atoms with van der Waals surface area (Å²) in [5.74, 6) is -0.139. The van der Waals surface area contributed by atoms with E-state index in [1.165, 1.54) is 6.92 Å². The fourth-order valence-electron chi connectivity index (χ4n) is 0.496. The van der Waals surface area contributed by atoms with E-state index < -0.39 is 5.69 Å². The number of nitrogens with one attached hydrogen (secondary N) is 3. The normalized spacial score (nSPS) is 9.30. The molecule has 0 saturated heterocycles. The van der Waals surface area contributed by atoms with Crippen LogP contribution in [0.3, 0.4) is 0 Å². The molecule has 1 amide bonds. The smallest absolute Gasteiger partial charge is 0.295 e. The molecule has 0 aliphatic heterocycles. The van der Waals surface area contributed by atoms with E-state index in [0.29, 0.717) is 0 Å². The molecule has 0 unspecified atom stereocenters. The highest BCUT2D eigenvalue weighted by molar-refractivity contribution is 5.86. The summed E-state index contributed by atoms with van der Waals surface area (Å²) in [6.45, 7) is 1.33. The molecule has 0 saturated carbocycles. The Morgan fingerprint density at radius 3 is 2.80 bits per heavy atom. The zero-order valence-electron chi connectivity index (χ0n) is 5.26. The summed E-state index contributed by atoms with van der Waals surface area (Å²) in [5, 5.41) is 7.82. The number of aromatic amines is 2. The molecular formula is C4H6N4O2. The monoisotopic (exact) mass is 142 g/mol. The lowest BCUT2D eigenvalue weighted by Gasteiger charge is -1.90. The maximum atomic E-state index is 10.3. The van der Waals surface area contributed by atoms with Crippen molar-refractivity contribution in [3.05, 3.63) is 10.5 Å². The van der Waals surface area contributed by atoms with Crippen LogP contribution in [0.25, 0.3) is 0 Å². The first-order valence-corrected chi connectivity index (χ1v) is 2.61. The standard InChI is InChI=1S/C4H6N4O2/c1-2(9)5-3-6-4(10)8-7-3/h1H3,(H3,5,6,7,8,9,10). The number of carbonyl (C=O) groups is 1. The Hall–Kier alpha value is -1.59. The van der Waals surface area contributed by atoms with Crippen LogP contribution in [0.4, 0.5) is 5.95 Å². The van der Waals surface area contributed by atoms with E-state index >= 15 is 0 Å². The minimum Gasteiger partial charge on any atom is -0.295 e. The molecule has 0 aromatic carbocycles. The van der Waals surface area contributed by atoms with E-state index in [-0.39, 0.29) is 11.9 Å². The lowest BCUT2D eigenvalue weighted by Crippen LogP contribution is -2.08. The van der Waals surface area contributed by atoms with E-state index in [1.807, 2.05) is 0 Å². The Bertz CT molecular complexity index is 285. The summed E-state index contributed by atoms with van der Waals surface area (Å²) in [6.07, 6.45) is 0. The first kappa shape index (κ1) is 6.53. The van der Waals surface area contributed by atoms with Crippen LogP contribution in [-0.2, 0) is 4.79 Å². The summed E-state index contributed by atoms with van der Waals surface area (Å²) < 4.78 is 0. The molecule has 0 aliphatic carbocycles. The average molecular weight is 142 g/mol. The second-order valence-corrected chi connectivity index (χ2v) is 1.71. The molecular weight excluding hydrogens is 136 g/mol. The average Bonchev–Trinajstić information content (AvgIpc) is 2.13. The molecule has 0 bridgehead atoms. The van der Waals surface area contributed by atoms with E-state index in [2.05, 4.69) is 20.5 Å². The molecule has 54 valence electrons. The number of H-pyrrole nitrogens is 2. The SMILES string of the molecule is CC(=O)Nc1n[nH]c(=O)[nH]1. The molecule has 1 heterocycles. The molecule has 1 aromatic heterocycles. The summed E-state index contributed by atoms with van der Waals surface area (Å²) >= 11 is 0. The molecule has 0 aliphatic rings. The van der Waals surface area contributed by atoms with Crippen LogP contribution in [0.2, 0.25) is 0 Å². The van der Waals surface area contributed by atoms with Gasteiger partial charge in [0.2, 0.25) is 11.9 Å². The van der Waals surface area contributed by atoms with Gasteiger partial charge in [-0.25, -0.2) is 9.89 Å². The van der Waals surface area contributed by atoms with Gasteiger partial charge in [0.05, 0.1) is 0 Å². The van der Waals surface area contributed by atoms with Crippen molar-refractivity contribution in [1.29, 1.82) is 0 Å². The van der Waals surface area contributed by atoms with Crippen LogP contribution >= 0.6 is 0 Å². The number of hydrogen-bond donors (Lipinski definition) is 3. The summed E-state index contributed by atoms with van der Waals surface area (Å²) in [4.78, 5) is 22.9. The molecule has 1 rings (SSSR count). The Labute approximate surface area is 55.7 Å². The van der Waals surface area contributed by atoms with Gasteiger partial charge in [-0.3, -0.25) is 15.1 Å². The van der Waals surface area contributed by atoms with Gasteiger partial charge in [-0.2, -0.15) is 0 Å². The van der Waals surface area contributed by atoms with E-state index in [0.717, 1.165) is 0 Å². The van der Waals surface area contributed by atoms with Crippen molar-refractivity contribution in [1.82, 2.24) is 15.2 Å². The summed E-state index contributed by atoms with van der Waals surface area (Å²) in [5.41, 5.74) is -0.441. The predicted octanol–water partition coefficient (Wildman–Crippen LogP) is -0.944. The highest BCUT2D eigenvalue weighted by atomic mass is 16.2. The minimum atomic E-state index is -0.441. The van der Waals surface area contributed by atoms with Gasteiger partial charge in [-0.15, -0.1) is 5.10 Å². The first-order chi connectivity index (χ1) is 4.68. The molecule has 0 atom stereocenters. The number of nitrogens with zero attached hydrogens (tertiary/aromatic N) is 1. The number of rotatable bonds is 1. The molecule has 1 aromatic rings. The fourth-order valence-corrected chi connectivity index (χ4v) is 0.496. The third kappa shape index (κ3) is 1.44. The van der Waals surface area contributed by atoms with Gasteiger partial charge in [0.1, 0.15) is 0 Å². The second kappa shape index (κ2) is 2.34. The fraction of sp³-hybridized carbons (Fsp3) is 0.250. The van der Waals surface area contributed by atoms with Crippen LogP contribution in [0.5, 0.6) is 0 Å². The molecule has 0 radical (unpaired) electrons. The van der Waals surface area contributed by atoms with Crippen molar-refractivity contribution < 1.29 is 4.79 Å². The number of anilines is 1. The Kier molecular flexibility index (Phi) is 1.53. The Balaban J connectivity index is 2.76. The van der Waals surface area contributed by atoms with Crippen molar-refractivity contribution in [3.63, 3.8) is 0 Å². The van der Waals surface area contributed by atoms with Crippen molar-refractivity contribution in [2.45, 2.75) is 6.92 Å². The highest BCUT2D eigenvalue weighted by Gasteiger charge is 1.96. The third-order valence-electron chi connectivity index (χ3n) is 0.796. The lowest BCUT2D eigenvalue weighted by atomic mass is 10.7. The Morgan fingerprint density at radius 2 is 2.40 bits per heavy atom. The molecule has 10 heavy (non-hydrogen) atoms. The maximum absolute atomic E-state index is 10.3. The van der Waals surface area contributed by atoms with Crippen LogP contribution in [0.15, 0.2) is 4.79 Å². The van der Waals surface area contributed by atoms with Gasteiger partial charge in [0.25, 0.3) is 0 Å². The lowest BCUT2D eigenvalue weighted by molar-refractivity contribution is -0.114. The van der Waals surface area contributed by atoms with Crippen molar-refractivity contribution in [2.24, 2.45) is 0 Å². The third-order valence-corrected chi connectivity index (χ3v) is 0.796. The number of carbonyl (C=O) groups excluding carboxylic acids is 1. The topological polar surface area (TPSA) is 90.6 Å². The van der Waals surface area contributed by atoms with Crippen LogP contribution in [-0.4, -0.2) is 21.1 Å². The molecule has 6 nitrogen and oxygen atoms in total. The van der Waals surface area contributed by atoms with Crippen LogP contribution in [0, 0.1) is 0 Å². The van der Waals surface area contributed by atoms with E-state index in [9.17, 15) is 9.59 Å². The van der Waals surface area contributed by atoms with Gasteiger partial charge < -0.3 is 0 Å². The quantitative estimate of drug-likeness (QED) is 0.472. The zero-order chi connectivity index (χ0) is 7.56. The first-order valence-electron chi connectivity index (χ1n) is 2.61. The van der Waals surface area contributed by atoms with Crippen LogP contribution in [0.1, 0.15) is 6.92 Å². The Morgan fingerprint density at radius 1 is 1.70 bits per heavy atom. The largest absolute Gasteiger partial charge is 0.342 e. The van der Waals surface area contributed by atoms with E-state index in [1.54, 1.807) is 0 Å². The summed E-state index contributed by atoms with van der Waals surface area (Å²) in [6, 6.07) is 0. The summed E-state index contributed by atoms with van der Waals surface area (Å²) in [7, 11) is 0. The van der Waals surface area contributed by atoms with Crippen molar-refractivity contribution in [3.8, 4) is 0 Å². The van der Waals surface area contributed by atoms with E-state index in [4.69, 9.17) is 0 Å².